The second-order valence-electron chi connectivity index (χ2n) is 5.31. The number of urea groups is 1. The number of amides is 2. The van der Waals surface area contributed by atoms with Crippen LogP contribution in [0, 0.1) is 0 Å². The Labute approximate surface area is 128 Å². The zero-order valence-electron chi connectivity index (χ0n) is 12.1. The average Bonchev–Trinajstić information content (AvgIpc) is 2.59. The van der Waals surface area contributed by atoms with E-state index in [1.807, 2.05) is 0 Å². The lowest BCUT2D eigenvalue weighted by Crippen LogP contribution is -2.37. The average molecular weight is 332 g/mol. The third-order valence-corrected chi connectivity index (χ3v) is 5.98. The summed E-state index contributed by atoms with van der Waals surface area (Å²) in [6.45, 7) is 2.12. The van der Waals surface area contributed by atoms with E-state index in [0.29, 0.717) is 18.7 Å². The molecule has 1 aliphatic heterocycles. The monoisotopic (exact) mass is 332 g/mol. The number of hydrogen-bond donors (Lipinski definition) is 1. The molecular weight excluding hydrogens is 314 g/mol. The highest BCUT2D eigenvalue weighted by Gasteiger charge is 2.28. The maximum Gasteiger partial charge on any atom is 0.321 e. The summed E-state index contributed by atoms with van der Waals surface area (Å²) in [7, 11) is -3.16. The van der Waals surface area contributed by atoms with Gasteiger partial charge in [-0.05, 0) is 25.5 Å². The van der Waals surface area contributed by atoms with Gasteiger partial charge in [-0.1, -0.05) is 12.1 Å². The molecule has 0 aliphatic carbocycles. The van der Waals surface area contributed by atoms with Crippen molar-refractivity contribution in [2.45, 2.75) is 25.0 Å². The molecule has 1 saturated heterocycles. The van der Waals surface area contributed by atoms with Crippen molar-refractivity contribution in [3.63, 3.8) is 0 Å². The quantitative estimate of drug-likeness (QED) is 0.905. The molecule has 0 spiro atoms. The van der Waals surface area contributed by atoms with Crippen LogP contribution < -0.4 is 5.32 Å². The lowest BCUT2D eigenvalue weighted by molar-refractivity contribution is 0.151. The number of nitrogens with one attached hydrogen (secondary N) is 1. The maximum atomic E-state index is 12.5. The van der Waals surface area contributed by atoms with E-state index in [4.69, 9.17) is 0 Å². The zero-order chi connectivity index (χ0) is 16.3. The fourth-order valence-corrected chi connectivity index (χ4v) is 3.53. The normalized spacial score (nSPS) is 21.5. The van der Waals surface area contributed by atoms with Crippen LogP contribution in [0.1, 0.15) is 25.3 Å². The standard InChI is InChI=1S/C14H18F2N2O3S/c1-10-6-7-18(8-9-22(10,20)21)14(19)17-12-4-2-11(3-5-12)13(15)16/h2-5,10,13H,6-9H2,1H3,(H,17,19). The summed E-state index contributed by atoms with van der Waals surface area (Å²) in [6, 6.07) is 4.87. The molecule has 0 radical (unpaired) electrons. The van der Waals surface area contributed by atoms with Crippen LogP contribution in [0.4, 0.5) is 19.3 Å². The van der Waals surface area contributed by atoms with Gasteiger partial charge in [-0.25, -0.2) is 22.0 Å². The second kappa shape index (κ2) is 6.60. The number of rotatable bonds is 2. The van der Waals surface area contributed by atoms with E-state index in [1.165, 1.54) is 29.2 Å². The van der Waals surface area contributed by atoms with E-state index in [2.05, 4.69) is 5.32 Å². The van der Waals surface area contributed by atoms with Crippen LogP contribution in [0.25, 0.3) is 0 Å². The van der Waals surface area contributed by atoms with Crippen LogP contribution in [0.2, 0.25) is 0 Å². The molecule has 22 heavy (non-hydrogen) atoms. The molecule has 8 heteroatoms. The molecule has 0 saturated carbocycles. The Hall–Kier alpha value is -1.70. The van der Waals surface area contributed by atoms with Gasteiger partial charge in [-0.3, -0.25) is 0 Å². The first kappa shape index (κ1) is 16.7. The number of alkyl halides is 2. The van der Waals surface area contributed by atoms with E-state index in [0.717, 1.165) is 0 Å². The summed E-state index contributed by atoms with van der Waals surface area (Å²) in [6.07, 6.45) is -2.16. The Morgan fingerprint density at radius 2 is 1.91 bits per heavy atom. The van der Waals surface area contributed by atoms with E-state index in [9.17, 15) is 22.0 Å². The van der Waals surface area contributed by atoms with Gasteiger partial charge in [0, 0.05) is 24.3 Å². The van der Waals surface area contributed by atoms with E-state index >= 15 is 0 Å². The van der Waals surface area contributed by atoms with Gasteiger partial charge in [0.25, 0.3) is 6.43 Å². The molecule has 122 valence electrons. The van der Waals surface area contributed by atoms with E-state index < -0.39 is 27.5 Å². The van der Waals surface area contributed by atoms with Crippen molar-refractivity contribution in [2.24, 2.45) is 0 Å². The Morgan fingerprint density at radius 1 is 1.27 bits per heavy atom. The highest BCUT2D eigenvalue weighted by atomic mass is 32.2. The van der Waals surface area contributed by atoms with Gasteiger partial charge >= 0.3 is 6.03 Å². The fourth-order valence-electron chi connectivity index (χ4n) is 2.19. The van der Waals surface area contributed by atoms with Crippen LogP contribution >= 0.6 is 0 Å². The number of anilines is 1. The lowest BCUT2D eigenvalue weighted by Gasteiger charge is -2.20. The van der Waals surface area contributed by atoms with Gasteiger partial charge in [0.2, 0.25) is 0 Å². The molecule has 2 amide bonds. The Balaban J connectivity index is 2.00. The molecular formula is C14H18F2N2O3S. The molecule has 0 bridgehead atoms. The molecule has 0 aromatic heterocycles. The Bertz CT molecular complexity index is 632. The summed E-state index contributed by atoms with van der Waals surface area (Å²) >= 11 is 0. The molecule has 1 unspecified atom stereocenters. The summed E-state index contributed by atoms with van der Waals surface area (Å²) in [5.41, 5.74) is 0.280. The highest BCUT2D eigenvalue weighted by molar-refractivity contribution is 7.92. The summed E-state index contributed by atoms with van der Waals surface area (Å²) in [4.78, 5) is 13.6. The Kier molecular flexibility index (Phi) is 5.00. The molecule has 1 aromatic rings. The van der Waals surface area contributed by atoms with Crippen molar-refractivity contribution < 1.29 is 22.0 Å². The minimum absolute atomic E-state index is 0.0636. The van der Waals surface area contributed by atoms with Crippen LogP contribution in [0.5, 0.6) is 0 Å². The van der Waals surface area contributed by atoms with Gasteiger partial charge in [0.05, 0.1) is 11.0 Å². The van der Waals surface area contributed by atoms with Crippen molar-refractivity contribution in [3.8, 4) is 0 Å². The summed E-state index contributed by atoms with van der Waals surface area (Å²) < 4.78 is 48.5. The van der Waals surface area contributed by atoms with Gasteiger partial charge < -0.3 is 10.2 Å². The van der Waals surface area contributed by atoms with Gasteiger partial charge in [-0.15, -0.1) is 0 Å². The molecule has 1 fully saturated rings. The minimum atomic E-state index is -3.16. The van der Waals surface area contributed by atoms with Crippen LogP contribution in [-0.2, 0) is 9.84 Å². The number of sulfone groups is 1. The van der Waals surface area contributed by atoms with E-state index in [1.54, 1.807) is 6.92 Å². The second-order valence-corrected chi connectivity index (χ2v) is 7.84. The smallest absolute Gasteiger partial charge is 0.321 e. The molecule has 2 rings (SSSR count). The first-order chi connectivity index (χ1) is 10.3. The van der Waals surface area contributed by atoms with Crippen LogP contribution in [0.3, 0.4) is 0 Å². The molecule has 1 atom stereocenters. The minimum Gasteiger partial charge on any atom is -0.323 e. The SMILES string of the molecule is CC1CCN(C(=O)Nc2ccc(C(F)F)cc2)CCS1(=O)=O. The molecule has 1 aliphatic rings. The zero-order valence-corrected chi connectivity index (χ0v) is 12.9. The van der Waals surface area contributed by atoms with Crippen molar-refractivity contribution in [2.75, 3.05) is 24.2 Å². The van der Waals surface area contributed by atoms with Gasteiger partial charge in [0.15, 0.2) is 9.84 Å². The van der Waals surface area contributed by atoms with Gasteiger partial charge in [0.1, 0.15) is 0 Å². The fraction of sp³-hybridized carbons (Fsp3) is 0.500. The van der Waals surface area contributed by atoms with Crippen LogP contribution in [0.15, 0.2) is 24.3 Å². The predicted octanol–water partition coefficient (Wildman–Crippen LogP) is 2.67. The van der Waals surface area contributed by atoms with Gasteiger partial charge in [-0.2, -0.15) is 0 Å². The lowest BCUT2D eigenvalue weighted by atomic mass is 10.2. The topological polar surface area (TPSA) is 66.5 Å². The summed E-state index contributed by atoms with van der Waals surface area (Å²) in [5, 5.41) is 2.13. The Morgan fingerprint density at radius 3 is 2.50 bits per heavy atom. The number of carbonyl (C=O) groups excluding carboxylic acids is 1. The van der Waals surface area contributed by atoms with Crippen molar-refractivity contribution >= 4 is 21.6 Å². The molecule has 1 heterocycles. The van der Waals surface area contributed by atoms with Crippen molar-refractivity contribution in [1.82, 2.24) is 4.90 Å². The third kappa shape index (κ3) is 3.94. The number of hydrogen-bond acceptors (Lipinski definition) is 3. The number of nitrogens with zero attached hydrogens (tertiary/aromatic N) is 1. The number of benzene rings is 1. The number of carbonyl (C=O) groups is 1. The largest absolute Gasteiger partial charge is 0.323 e. The predicted molar refractivity (Wildman–Crippen MR) is 79.9 cm³/mol. The maximum absolute atomic E-state index is 12.5. The first-order valence-corrected chi connectivity index (χ1v) is 8.67. The van der Waals surface area contributed by atoms with Crippen LogP contribution in [-0.4, -0.2) is 43.4 Å². The first-order valence-electron chi connectivity index (χ1n) is 6.95. The van der Waals surface area contributed by atoms with E-state index in [-0.39, 0.29) is 17.9 Å². The molecule has 5 nitrogen and oxygen atoms in total. The van der Waals surface area contributed by atoms with Crippen molar-refractivity contribution in [3.05, 3.63) is 29.8 Å². The van der Waals surface area contributed by atoms with Crippen molar-refractivity contribution in [1.29, 1.82) is 0 Å². The number of halogens is 2. The summed E-state index contributed by atoms with van der Waals surface area (Å²) in [5.74, 6) is -0.0636. The highest BCUT2D eigenvalue weighted by Crippen LogP contribution is 2.21. The molecule has 1 N–H and O–H groups in total. The third-order valence-electron chi connectivity index (χ3n) is 3.77. The molecule has 1 aromatic carbocycles.